The van der Waals surface area contributed by atoms with E-state index in [1.165, 1.54) is 11.1 Å². The van der Waals surface area contributed by atoms with Crippen molar-refractivity contribution in [2.45, 2.75) is 60.8 Å². The third-order valence-corrected chi connectivity index (χ3v) is 4.26. The Hall–Kier alpha value is -1.11. The minimum Gasteiger partial charge on any atom is -0.294 e. The summed E-state index contributed by atoms with van der Waals surface area (Å²) in [6.07, 6.45) is 2.67. The summed E-state index contributed by atoms with van der Waals surface area (Å²) in [6.45, 7) is 13.1. The van der Waals surface area contributed by atoms with Crippen LogP contribution in [0.1, 0.15) is 69.4 Å². The molecule has 0 aliphatic carbocycles. The van der Waals surface area contributed by atoms with Crippen molar-refractivity contribution in [1.29, 1.82) is 0 Å². The van der Waals surface area contributed by atoms with Gasteiger partial charge in [-0.05, 0) is 41.4 Å². The smallest absolute Gasteiger partial charge is 0.163 e. The maximum absolute atomic E-state index is 12.4. The Morgan fingerprint density at radius 2 is 1.68 bits per heavy atom. The lowest BCUT2D eigenvalue weighted by Crippen LogP contribution is -2.20. The highest BCUT2D eigenvalue weighted by Crippen LogP contribution is 2.29. The van der Waals surface area contributed by atoms with E-state index in [2.05, 4.69) is 53.7 Å². The largest absolute Gasteiger partial charge is 0.294 e. The van der Waals surface area contributed by atoms with Gasteiger partial charge in [0.05, 0.1) is 0 Å². The number of rotatable bonds is 5. The van der Waals surface area contributed by atoms with E-state index in [9.17, 15) is 4.79 Å². The second-order valence-electron chi connectivity index (χ2n) is 6.58. The molecule has 0 saturated heterocycles. The first-order chi connectivity index (χ1) is 8.79. The number of carbonyl (C=O) groups excluding carboxylic acids is 1. The fraction of sp³-hybridized carbons (Fsp3) is 0.611. The number of aryl methyl sites for hydroxylation is 2. The van der Waals surface area contributed by atoms with Crippen molar-refractivity contribution in [2.75, 3.05) is 0 Å². The average molecular weight is 260 g/mol. The quantitative estimate of drug-likeness (QED) is 0.676. The molecule has 0 aliphatic heterocycles. The van der Waals surface area contributed by atoms with Crippen LogP contribution in [0.4, 0.5) is 0 Å². The van der Waals surface area contributed by atoms with Crippen LogP contribution in [-0.2, 0) is 12.8 Å². The first kappa shape index (κ1) is 15.9. The molecule has 0 heterocycles. The molecule has 0 amide bonds. The number of Topliss-reactive ketones (excluding diaryl/α,β-unsaturated/α-hetero) is 1. The highest BCUT2D eigenvalue weighted by atomic mass is 16.1. The molecular weight excluding hydrogens is 232 g/mol. The maximum Gasteiger partial charge on any atom is 0.163 e. The lowest BCUT2D eigenvalue weighted by Gasteiger charge is -2.26. The Bertz CT molecular complexity index is 437. The van der Waals surface area contributed by atoms with Gasteiger partial charge in [-0.2, -0.15) is 0 Å². The van der Waals surface area contributed by atoms with E-state index in [1.54, 1.807) is 0 Å². The molecule has 0 radical (unpaired) electrons. The molecule has 0 aliphatic rings. The van der Waals surface area contributed by atoms with Gasteiger partial charge in [0.25, 0.3) is 0 Å². The molecule has 0 fully saturated rings. The Labute approximate surface area is 118 Å². The summed E-state index contributed by atoms with van der Waals surface area (Å²) in [6, 6.07) is 6.21. The van der Waals surface area contributed by atoms with Gasteiger partial charge in [-0.25, -0.2) is 0 Å². The zero-order valence-corrected chi connectivity index (χ0v) is 13.3. The van der Waals surface area contributed by atoms with E-state index >= 15 is 0 Å². The lowest BCUT2D eigenvalue weighted by molar-refractivity contribution is 0.0927. The van der Waals surface area contributed by atoms with Crippen LogP contribution < -0.4 is 0 Å². The monoisotopic (exact) mass is 260 g/mol. The van der Waals surface area contributed by atoms with E-state index in [0.29, 0.717) is 12.3 Å². The van der Waals surface area contributed by atoms with Gasteiger partial charge in [0, 0.05) is 12.0 Å². The average Bonchev–Trinajstić information content (AvgIpc) is 2.36. The Balaban J connectivity index is 2.89. The summed E-state index contributed by atoms with van der Waals surface area (Å²) in [7, 11) is 0. The topological polar surface area (TPSA) is 17.1 Å². The molecule has 1 nitrogen and oxygen atoms in total. The zero-order valence-electron chi connectivity index (χ0n) is 13.3. The van der Waals surface area contributed by atoms with Crippen molar-refractivity contribution in [3.63, 3.8) is 0 Å². The van der Waals surface area contributed by atoms with E-state index in [1.807, 2.05) is 6.07 Å². The van der Waals surface area contributed by atoms with Crippen LogP contribution in [0.5, 0.6) is 0 Å². The molecule has 1 unspecified atom stereocenters. The van der Waals surface area contributed by atoms with Gasteiger partial charge >= 0.3 is 0 Å². The summed E-state index contributed by atoms with van der Waals surface area (Å²) in [4.78, 5) is 12.4. The third-order valence-electron chi connectivity index (χ3n) is 4.26. The van der Waals surface area contributed by atoms with Gasteiger partial charge in [0.15, 0.2) is 5.78 Å². The van der Waals surface area contributed by atoms with E-state index < -0.39 is 0 Å². The van der Waals surface area contributed by atoms with Crippen LogP contribution in [0.25, 0.3) is 0 Å². The van der Waals surface area contributed by atoms with Crippen molar-refractivity contribution in [3.8, 4) is 0 Å². The second kappa shape index (κ2) is 6.36. The van der Waals surface area contributed by atoms with E-state index in [0.717, 1.165) is 18.4 Å². The number of hydrogen-bond acceptors (Lipinski definition) is 1. The normalized spacial score (nSPS) is 13.4. The first-order valence-corrected chi connectivity index (χ1v) is 7.44. The van der Waals surface area contributed by atoms with Crippen LogP contribution in [0, 0.1) is 11.3 Å². The van der Waals surface area contributed by atoms with Crippen molar-refractivity contribution in [2.24, 2.45) is 11.3 Å². The van der Waals surface area contributed by atoms with Crippen molar-refractivity contribution in [1.82, 2.24) is 0 Å². The van der Waals surface area contributed by atoms with Crippen LogP contribution in [0.15, 0.2) is 18.2 Å². The van der Waals surface area contributed by atoms with Crippen molar-refractivity contribution >= 4 is 5.78 Å². The minimum absolute atomic E-state index is 0.187. The van der Waals surface area contributed by atoms with Crippen molar-refractivity contribution < 1.29 is 4.79 Å². The standard InChI is InChI=1S/C18H28O/c1-7-14-9-10-16(12-15(14)8-2)17(19)11-13(3)18(4,5)6/h9-10,12-13H,7-8,11H2,1-6H3. The van der Waals surface area contributed by atoms with Crippen LogP contribution in [-0.4, -0.2) is 5.78 Å². The van der Waals surface area contributed by atoms with Gasteiger partial charge in [-0.3, -0.25) is 4.79 Å². The number of carbonyl (C=O) groups is 1. The van der Waals surface area contributed by atoms with E-state index in [4.69, 9.17) is 0 Å². The molecule has 1 aromatic rings. The molecule has 1 heteroatoms. The first-order valence-electron chi connectivity index (χ1n) is 7.44. The van der Waals surface area contributed by atoms with Crippen LogP contribution >= 0.6 is 0 Å². The summed E-state index contributed by atoms with van der Waals surface area (Å²) in [5.41, 5.74) is 3.75. The Kier molecular flexibility index (Phi) is 5.34. The van der Waals surface area contributed by atoms with E-state index in [-0.39, 0.29) is 11.2 Å². The molecular formula is C18H28O. The van der Waals surface area contributed by atoms with Crippen molar-refractivity contribution in [3.05, 3.63) is 34.9 Å². The van der Waals surface area contributed by atoms with Gasteiger partial charge in [-0.1, -0.05) is 53.7 Å². The Morgan fingerprint density at radius 3 is 2.16 bits per heavy atom. The molecule has 19 heavy (non-hydrogen) atoms. The molecule has 1 rings (SSSR count). The lowest BCUT2D eigenvalue weighted by atomic mass is 9.78. The van der Waals surface area contributed by atoms with Crippen LogP contribution in [0.3, 0.4) is 0 Å². The maximum atomic E-state index is 12.4. The predicted molar refractivity (Wildman–Crippen MR) is 82.8 cm³/mol. The second-order valence-corrected chi connectivity index (χ2v) is 6.58. The SMILES string of the molecule is CCc1ccc(C(=O)CC(C)C(C)(C)C)cc1CC. The molecule has 0 bridgehead atoms. The zero-order chi connectivity index (χ0) is 14.6. The predicted octanol–water partition coefficient (Wildman–Crippen LogP) is 5.07. The van der Waals surface area contributed by atoms with Gasteiger partial charge in [-0.15, -0.1) is 0 Å². The molecule has 1 atom stereocenters. The molecule has 0 aromatic heterocycles. The van der Waals surface area contributed by atoms with Gasteiger partial charge in [0.1, 0.15) is 0 Å². The van der Waals surface area contributed by atoms with Gasteiger partial charge < -0.3 is 0 Å². The highest BCUT2D eigenvalue weighted by Gasteiger charge is 2.23. The third kappa shape index (κ3) is 4.19. The highest BCUT2D eigenvalue weighted by molar-refractivity contribution is 5.96. The number of benzene rings is 1. The summed E-state index contributed by atoms with van der Waals surface area (Å²) in [5.74, 6) is 0.677. The molecule has 0 saturated carbocycles. The van der Waals surface area contributed by atoms with Gasteiger partial charge in [0.2, 0.25) is 0 Å². The number of ketones is 1. The Morgan fingerprint density at radius 1 is 1.11 bits per heavy atom. The molecule has 1 aromatic carbocycles. The summed E-state index contributed by atoms with van der Waals surface area (Å²) in [5, 5.41) is 0. The minimum atomic E-state index is 0.187. The summed E-state index contributed by atoms with van der Waals surface area (Å²) >= 11 is 0. The molecule has 106 valence electrons. The number of hydrogen-bond donors (Lipinski definition) is 0. The van der Waals surface area contributed by atoms with Crippen LogP contribution in [0.2, 0.25) is 0 Å². The molecule has 0 N–H and O–H groups in total. The fourth-order valence-electron chi connectivity index (χ4n) is 2.18. The summed E-state index contributed by atoms with van der Waals surface area (Å²) < 4.78 is 0. The molecule has 0 spiro atoms. The fourth-order valence-corrected chi connectivity index (χ4v) is 2.18.